The molecule has 2 aromatic carbocycles. The van der Waals surface area contributed by atoms with Crippen molar-refractivity contribution in [3.8, 4) is 5.75 Å². The first-order valence-corrected chi connectivity index (χ1v) is 16.1. The van der Waals surface area contributed by atoms with Crippen LogP contribution in [0.15, 0.2) is 71.8 Å². The number of benzene rings is 2. The fraction of sp³-hybridized carbons (Fsp3) is 0.419. The summed E-state index contributed by atoms with van der Waals surface area (Å²) in [5.41, 5.74) is 0.212. The highest BCUT2D eigenvalue weighted by molar-refractivity contribution is 7.91. The Kier molecular flexibility index (Phi) is 10.9. The molecule has 15 heteroatoms. The molecule has 250 valence electrons. The number of aliphatic hydroxyl groups excluding tert-OH is 1. The lowest BCUT2D eigenvalue weighted by Crippen LogP contribution is -2.36. The zero-order chi connectivity index (χ0) is 33.7. The second-order valence-corrected chi connectivity index (χ2v) is 13.0. The third-order valence-electron chi connectivity index (χ3n) is 7.56. The van der Waals surface area contributed by atoms with Crippen LogP contribution in [0, 0.1) is 0 Å². The van der Waals surface area contributed by atoms with Gasteiger partial charge in [0, 0.05) is 30.3 Å². The number of rotatable bonds is 13. The number of ether oxygens (including phenoxy) is 2. The minimum atomic E-state index is -4.50. The van der Waals surface area contributed by atoms with Crippen LogP contribution in [0.1, 0.15) is 54.3 Å². The average molecular weight is 672 g/mol. The van der Waals surface area contributed by atoms with Gasteiger partial charge in [0.2, 0.25) is 0 Å². The molecule has 0 aliphatic carbocycles. The SMILES string of the molecule is CCC(F)(F)OC[C@@H]1C[C@@H](Oc2ccc(C(F)(F)F)cc2)CN1c1ccc(C(=O)NC(CO)c2ccc(S(=O)(=O)CC)cn2)cc1. The standard InChI is InChI=1S/C31H34F5N3O6S/c1-3-30(32,33)44-19-23-15-25(45-24-11-7-21(8-12-24)31(34,35)36)17-39(23)22-9-5-20(6-10-22)29(41)38-28(18-40)27-14-13-26(16-37-27)46(42,43)4-2/h5-14,16,23,25,28,40H,3-4,15,17-19H2,1-2H3,(H,38,41)/t23-,25+,28?/m0/s1. The molecule has 2 heterocycles. The van der Waals surface area contributed by atoms with Crippen LogP contribution in [-0.4, -0.2) is 68.2 Å². The van der Waals surface area contributed by atoms with Crippen molar-refractivity contribution < 1.29 is 49.7 Å². The molecule has 1 unspecified atom stereocenters. The number of alkyl halides is 5. The molecule has 9 nitrogen and oxygen atoms in total. The summed E-state index contributed by atoms with van der Waals surface area (Å²) in [6, 6.07) is 11.7. The molecule has 1 amide bonds. The molecule has 0 saturated carbocycles. The molecular formula is C31H34F5N3O6S. The third-order valence-corrected chi connectivity index (χ3v) is 9.28. The molecule has 0 spiro atoms. The number of hydrogen-bond donors (Lipinski definition) is 2. The van der Waals surface area contributed by atoms with Crippen molar-refractivity contribution in [1.82, 2.24) is 10.3 Å². The third kappa shape index (κ3) is 8.70. The number of halogens is 5. The van der Waals surface area contributed by atoms with E-state index in [1.807, 2.05) is 0 Å². The predicted octanol–water partition coefficient (Wildman–Crippen LogP) is 5.40. The normalized spacial score (nSPS) is 18.0. The number of aromatic nitrogens is 1. The highest BCUT2D eigenvalue weighted by Crippen LogP contribution is 2.33. The van der Waals surface area contributed by atoms with Gasteiger partial charge in [0.15, 0.2) is 9.84 Å². The number of hydrogen-bond acceptors (Lipinski definition) is 8. The van der Waals surface area contributed by atoms with Gasteiger partial charge in [-0.15, -0.1) is 0 Å². The maximum Gasteiger partial charge on any atom is 0.416 e. The minimum Gasteiger partial charge on any atom is -0.489 e. The van der Waals surface area contributed by atoms with Gasteiger partial charge in [0.05, 0.1) is 53.7 Å². The Morgan fingerprint density at radius 3 is 2.26 bits per heavy atom. The summed E-state index contributed by atoms with van der Waals surface area (Å²) in [6.45, 7) is 2.15. The molecule has 1 aromatic heterocycles. The highest BCUT2D eigenvalue weighted by Gasteiger charge is 2.37. The van der Waals surface area contributed by atoms with Crippen LogP contribution in [0.3, 0.4) is 0 Å². The van der Waals surface area contributed by atoms with E-state index < -0.39 is 64.8 Å². The van der Waals surface area contributed by atoms with Crippen molar-refractivity contribution in [1.29, 1.82) is 0 Å². The lowest BCUT2D eigenvalue weighted by atomic mass is 10.1. The molecule has 3 atom stereocenters. The Balaban J connectivity index is 1.46. The number of nitrogens with zero attached hydrogens (tertiary/aromatic N) is 2. The van der Waals surface area contributed by atoms with Gasteiger partial charge in [-0.25, -0.2) is 8.42 Å². The summed E-state index contributed by atoms with van der Waals surface area (Å²) in [5, 5.41) is 12.5. The molecule has 1 fully saturated rings. The van der Waals surface area contributed by atoms with E-state index in [9.17, 15) is 40.3 Å². The maximum absolute atomic E-state index is 13.9. The first-order chi connectivity index (χ1) is 21.7. The van der Waals surface area contributed by atoms with E-state index in [-0.39, 0.29) is 47.2 Å². The Hall–Kier alpha value is -3.82. The van der Waals surface area contributed by atoms with Crippen LogP contribution >= 0.6 is 0 Å². The molecular weight excluding hydrogens is 637 g/mol. The van der Waals surface area contributed by atoms with E-state index in [0.29, 0.717) is 5.69 Å². The summed E-state index contributed by atoms with van der Waals surface area (Å²) < 4.78 is 102. The van der Waals surface area contributed by atoms with Crippen LogP contribution < -0.4 is 15.0 Å². The van der Waals surface area contributed by atoms with E-state index in [1.165, 1.54) is 56.4 Å². The summed E-state index contributed by atoms with van der Waals surface area (Å²) in [7, 11) is -3.47. The number of amides is 1. The lowest BCUT2D eigenvalue weighted by Gasteiger charge is -2.28. The number of nitrogens with one attached hydrogen (secondary N) is 1. The van der Waals surface area contributed by atoms with Gasteiger partial charge in [0.1, 0.15) is 11.9 Å². The largest absolute Gasteiger partial charge is 0.489 e. The highest BCUT2D eigenvalue weighted by atomic mass is 32.2. The van der Waals surface area contributed by atoms with Crippen molar-refractivity contribution in [3.63, 3.8) is 0 Å². The zero-order valence-electron chi connectivity index (χ0n) is 25.0. The summed E-state index contributed by atoms with van der Waals surface area (Å²) in [6.07, 6.45) is -7.52. The van der Waals surface area contributed by atoms with Crippen molar-refractivity contribution in [3.05, 3.63) is 83.7 Å². The van der Waals surface area contributed by atoms with Crippen LogP contribution in [0.4, 0.5) is 27.6 Å². The van der Waals surface area contributed by atoms with E-state index >= 15 is 0 Å². The van der Waals surface area contributed by atoms with Crippen molar-refractivity contribution in [2.75, 3.05) is 30.4 Å². The fourth-order valence-corrected chi connectivity index (χ4v) is 5.70. The van der Waals surface area contributed by atoms with Crippen molar-refractivity contribution in [2.24, 2.45) is 0 Å². The fourth-order valence-electron chi connectivity index (χ4n) is 4.88. The summed E-state index contributed by atoms with van der Waals surface area (Å²) >= 11 is 0. The molecule has 1 aliphatic rings. The zero-order valence-corrected chi connectivity index (χ0v) is 25.8. The second kappa shape index (κ2) is 14.3. The van der Waals surface area contributed by atoms with E-state index in [4.69, 9.17) is 9.47 Å². The van der Waals surface area contributed by atoms with Gasteiger partial charge in [0.25, 0.3) is 5.91 Å². The molecule has 0 radical (unpaired) electrons. The number of carbonyl (C=O) groups is 1. The Morgan fingerprint density at radius 1 is 1.04 bits per heavy atom. The second-order valence-electron chi connectivity index (χ2n) is 10.7. The average Bonchev–Trinajstić information content (AvgIpc) is 3.45. The van der Waals surface area contributed by atoms with Gasteiger partial charge in [-0.1, -0.05) is 13.8 Å². The maximum atomic E-state index is 13.9. The quantitative estimate of drug-likeness (QED) is 0.232. The van der Waals surface area contributed by atoms with Gasteiger partial charge in [-0.3, -0.25) is 9.78 Å². The van der Waals surface area contributed by atoms with Gasteiger partial charge in [-0.2, -0.15) is 22.0 Å². The molecule has 2 N–H and O–H groups in total. The number of pyridine rings is 1. The first-order valence-electron chi connectivity index (χ1n) is 14.5. The van der Waals surface area contributed by atoms with E-state index in [2.05, 4.69) is 10.3 Å². The minimum absolute atomic E-state index is 0.0217. The summed E-state index contributed by atoms with van der Waals surface area (Å²) in [5.74, 6) is -0.460. The Labute approximate surface area is 263 Å². The molecule has 0 bridgehead atoms. The summed E-state index contributed by atoms with van der Waals surface area (Å²) in [4.78, 5) is 18.9. The number of carbonyl (C=O) groups excluding carboxylic acids is 1. The van der Waals surface area contributed by atoms with Crippen LogP contribution in [0.2, 0.25) is 0 Å². The topological polar surface area (TPSA) is 118 Å². The number of anilines is 1. The monoisotopic (exact) mass is 671 g/mol. The molecule has 1 saturated heterocycles. The number of aliphatic hydroxyl groups is 1. The van der Waals surface area contributed by atoms with Crippen molar-refractivity contribution >= 4 is 21.4 Å². The van der Waals surface area contributed by atoms with Crippen LogP contribution in [0.5, 0.6) is 5.75 Å². The van der Waals surface area contributed by atoms with E-state index in [1.54, 1.807) is 17.0 Å². The molecule has 4 rings (SSSR count). The lowest BCUT2D eigenvalue weighted by molar-refractivity contribution is -0.241. The smallest absolute Gasteiger partial charge is 0.416 e. The number of sulfone groups is 1. The van der Waals surface area contributed by atoms with Crippen LogP contribution in [-0.2, 0) is 20.8 Å². The molecule has 3 aromatic rings. The van der Waals surface area contributed by atoms with Gasteiger partial charge >= 0.3 is 12.3 Å². The molecule has 1 aliphatic heterocycles. The molecule has 46 heavy (non-hydrogen) atoms. The van der Waals surface area contributed by atoms with Crippen LogP contribution in [0.25, 0.3) is 0 Å². The Morgan fingerprint density at radius 2 is 1.72 bits per heavy atom. The first kappa shape index (κ1) is 35.0. The van der Waals surface area contributed by atoms with Gasteiger partial charge in [-0.05, 0) is 60.7 Å². The van der Waals surface area contributed by atoms with E-state index in [0.717, 1.165) is 12.1 Å². The van der Waals surface area contributed by atoms with Crippen molar-refractivity contribution in [2.45, 2.75) is 62.1 Å². The van der Waals surface area contributed by atoms with Gasteiger partial charge < -0.3 is 24.8 Å². The Bertz CT molecular complexity index is 1570. The predicted molar refractivity (Wildman–Crippen MR) is 158 cm³/mol.